The minimum Gasteiger partial charge on any atom is -0.442 e. The van der Waals surface area contributed by atoms with E-state index in [2.05, 4.69) is 47.5 Å². The van der Waals surface area contributed by atoms with Gasteiger partial charge in [0.25, 0.3) is 0 Å². The molecule has 1 unspecified atom stereocenters. The van der Waals surface area contributed by atoms with E-state index in [0.29, 0.717) is 13.1 Å². The molecule has 0 bridgehead atoms. The van der Waals surface area contributed by atoms with Crippen molar-refractivity contribution < 1.29 is 9.53 Å². The number of rotatable bonds is 3. The molecule has 6 nitrogen and oxygen atoms in total. The van der Waals surface area contributed by atoms with Gasteiger partial charge in [0.05, 0.1) is 22.7 Å². The van der Waals surface area contributed by atoms with Gasteiger partial charge in [0.1, 0.15) is 11.8 Å². The number of nitrogens with zero attached hydrogens (tertiary/aromatic N) is 3. The number of cyclic esters (lactones) is 1. The van der Waals surface area contributed by atoms with Crippen LogP contribution in [0.15, 0.2) is 9.59 Å². The second kappa shape index (κ2) is 4.96. The summed E-state index contributed by atoms with van der Waals surface area (Å²) in [6.45, 7) is 1.01. The van der Waals surface area contributed by atoms with Crippen LogP contribution in [0.5, 0.6) is 0 Å². The van der Waals surface area contributed by atoms with Crippen LogP contribution in [0.2, 0.25) is 0 Å². The van der Waals surface area contributed by atoms with Gasteiger partial charge in [0.15, 0.2) is 0 Å². The lowest BCUT2D eigenvalue weighted by Crippen LogP contribution is -2.20. The second-order valence-electron chi connectivity index (χ2n) is 3.21. The van der Waals surface area contributed by atoms with Crippen molar-refractivity contribution in [1.82, 2.24) is 20.3 Å². The van der Waals surface area contributed by atoms with Crippen molar-refractivity contribution in [2.24, 2.45) is 0 Å². The molecule has 1 fully saturated rings. The first-order chi connectivity index (χ1) is 7.63. The molecule has 1 aromatic heterocycles. The number of alkyl carbamates (subject to hydrolysis) is 1. The number of amides is 1. The highest BCUT2D eigenvalue weighted by molar-refractivity contribution is 9.28. The maximum atomic E-state index is 10.8. The van der Waals surface area contributed by atoms with E-state index in [0.717, 1.165) is 9.09 Å². The summed E-state index contributed by atoms with van der Waals surface area (Å²) < 4.78 is 7.41. The normalized spacial score (nSPS) is 19.1. The van der Waals surface area contributed by atoms with Gasteiger partial charge in [-0.2, -0.15) is 0 Å². The first kappa shape index (κ1) is 11.6. The molecule has 2 heterocycles. The van der Waals surface area contributed by atoms with Crippen molar-refractivity contribution in [2.75, 3.05) is 6.54 Å². The Hall–Kier alpha value is -0.890. The second-order valence-corrected chi connectivity index (χ2v) is 5.98. The predicted octanol–water partition coefficient (Wildman–Crippen LogP) is 1.47. The molecule has 1 aliphatic heterocycles. The maximum absolute atomic E-state index is 10.8. The fraction of sp³-hybridized carbons (Fsp3) is 0.375. The van der Waals surface area contributed by atoms with Crippen LogP contribution in [0.3, 0.4) is 0 Å². The first-order valence-corrected chi connectivity index (χ1v) is 6.09. The molecule has 0 aliphatic carbocycles. The maximum Gasteiger partial charge on any atom is 0.407 e. The molecular weight excluding hydrogens is 344 g/mol. The van der Waals surface area contributed by atoms with Gasteiger partial charge in [-0.3, -0.25) is 0 Å². The van der Waals surface area contributed by atoms with E-state index in [9.17, 15) is 4.79 Å². The van der Waals surface area contributed by atoms with Gasteiger partial charge >= 0.3 is 6.09 Å². The van der Waals surface area contributed by atoms with Crippen molar-refractivity contribution >= 4 is 44.0 Å². The molecule has 1 atom stereocenters. The monoisotopic (exact) mass is 350 g/mol. The van der Waals surface area contributed by atoms with E-state index in [1.807, 2.05) is 0 Å². The molecule has 16 heavy (non-hydrogen) atoms. The fourth-order valence-corrected chi connectivity index (χ4v) is 1.79. The molecule has 1 amide bonds. The van der Waals surface area contributed by atoms with Gasteiger partial charge in [-0.05, 0) is 37.9 Å². The van der Waals surface area contributed by atoms with Crippen molar-refractivity contribution in [2.45, 2.75) is 12.6 Å². The Kier molecular flexibility index (Phi) is 3.59. The Bertz CT molecular complexity index is 427. The molecule has 8 heteroatoms. The van der Waals surface area contributed by atoms with E-state index in [1.54, 1.807) is 17.0 Å². The van der Waals surface area contributed by atoms with Gasteiger partial charge < -0.3 is 10.1 Å². The van der Waals surface area contributed by atoms with Gasteiger partial charge in [-0.1, -0.05) is 5.21 Å². The highest BCUT2D eigenvalue weighted by atomic mass is 79.9. The number of ether oxygens (including phenoxy) is 1. The number of carbonyl (C=O) groups excluding carboxylic acids is 1. The Balaban J connectivity index is 1.97. The molecule has 0 radical (unpaired) electrons. The Morgan fingerprint density at radius 3 is 3.19 bits per heavy atom. The number of hydrogen-bond donors (Lipinski definition) is 1. The summed E-state index contributed by atoms with van der Waals surface area (Å²) >= 11 is 6.48. The lowest BCUT2D eigenvalue weighted by Gasteiger charge is -2.05. The average molecular weight is 352 g/mol. The van der Waals surface area contributed by atoms with Crippen LogP contribution in [0.1, 0.15) is 5.69 Å². The van der Waals surface area contributed by atoms with E-state index in [-0.39, 0.29) is 12.2 Å². The Morgan fingerprint density at radius 1 is 1.75 bits per heavy atom. The summed E-state index contributed by atoms with van der Waals surface area (Å²) in [6, 6.07) is 0. The van der Waals surface area contributed by atoms with Crippen LogP contribution in [0.25, 0.3) is 6.08 Å². The largest absolute Gasteiger partial charge is 0.442 e. The summed E-state index contributed by atoms with van der Waals surface area (Å²) in [5.74, 6) is 0. The average Bonchev–Trinajstić information content (AvgIpc) is 2.76. The molecule has 1 N–H and O–H groups in total. The van der Waals surface area contributed by atoms with Crippen LogP contribution in [0.4, 0.5) is 4.79 Å². The van der Waals surface area contributed by atoms with E-state index >= 15 is 0 Å². The highest BCUT2D eigenvalue weighted by Gasteiger charge is 2.23. The van der Waals surface area contributed by atoms with Crippen LogP contribution >= 0.6 is 31.9 Å². The van der Waals surface area contributed by atoms with Crippen LogP contribution in [0, 0.1) is 0 Å². The Morgan fingerprint density at radius 2 is 2.56 bits per heavy atom. The third-order valence-corrected chi connectivity index (χ3v) is 2.41. The highest BCUT2D eigenvalue weighted by Crippen LogP contribution is 2.16. The molecule has 0 spiro atoms. The molecule has 1 aromatic rings. The third kappa shape index (κ3) is 3.05. The Labute approximate surface area is 108 Å². The van der Waals surface area contributed by atoms with Crippen molar-refractivity contribution in [1.29, 1.82) is 0 Å². The first-order valence-electron chi connectivity index (χ1n) is 4.51. The van der Waals surface area contributed by atoms with Gasteiger partial charge in [0.2, 0.25) is 0 Å². The SMILES string of the molecule is O=C1NCC(Cn2cc(C=C(Br)Br)nn2)O1. The summed E-state index contributed by atoms with van der Waals surface area (Å²) in [5, 5.41) is 10.4. The molecule has 0 saturated carbocycles. The molecule has 1 aliphatic rings. The van der Waals surface area contributed by atoms with Gasteiger partial charge in [0, 0.05) is 0 Å². The minimum atomic E-state index is -0.381. The van der Waals surface area contributed by atoms with Gasteiger partial charge in [-0.15, -0.1) is 5.10 Å². The predicted molar refractivity (Wildman–Crippen MR) is 64.1 cm³/mol. The number of hydrogen-bond acceptors (Lipinski definition) is 4. The van der Waals surface area contributed by atoms with E-state index < -0.39 is 0 Å². The zero-order valence-corrected chi connectivity index (χ0v) is 11.2. The number of halogens is 2. The topological polar surface area (TPSA) is 69.0 Å². The quantitative estimate of drug-likeness (QED) is 0.895. The molecule has 0 aromatic carbocycles. The smallest absolute Gasteiger partial charge is 0.407 e. The van der Waals surface area contributed by atoms with E-state index in [1.165, 1.54) is 0 Å². The summed E-state index contributed by atoms with van der Waals surface area (Å²) in [6.07, 6.45) is 2.99. The lowest BCUT2D eigenvalue weighted by atomic mass is 10.3. The summed E-state index contributed by atoms with van der Waals surface area (Å²) in [5.41, 5.74) is 0.723. The standard InChI is InChI=1S/C8H8Br2N4O2/c9-7(10)1-5-3-14(13-12-5)4-6-2-11-8(15)16-6/h1,3,6H,2,4H2,(H,11,15). The number of carbonyl (C=O) groups is 1. The van der Waals surface area contributed by atoms with E-state index in [4.69, 9.17) is 4.74 Å². The minimum absolute atomic E-state index is 0.182. The van der Waals surface area contributed by atoms with Crippen molar-refractivity contribution in [3.8, 4) is 0 Å². The molecular formula is C8H8Br2N4O2. The molecule has 2 rings (SSSR count). The summed E-state index contributed by atoms with van der Waals surface area (Å²) in [7, 11) is 0. The van der Waals surface area contributed by atoms with Crippen LogP contribution in [-0.2, 0) is 11.3 Å². The third-order valence-electron chi connectivity index (χ3n) is 1.95. The lowest BCUT2D eigenvalue weighted by molar-refractivity contribution is 0.128. The zero-order chi connectivity index (χ0) is 11.5. The molecule has 1 saturated heterocycles. The molecule has 86 valence electrons. The van der Waals surface area contributed by atoms with Crippen molar-refractivity contribution in [3.05, 3.63) is 15.3 Å². The van der Waals surface area contributed by atoms with Crippen molar-refractivity contribution in [3.63, 3.8) is 0 Å². The fourth-order valence-electron chi connectivity index (χ4n) is 1.32. The number of aromatic nitrogens is 3. The summed E-state index contributed by atoms with van der Waals surface area (Å²) in [4.78, 5) is 10.8. The zero-order valence-electron chi connectivity index (χ0n) is 8.06. The van der Waals surface area contributed by atoms with Crippen LogP contribution in [-0.4, -0.2) is 33.7 Å². The van der Waals surface area contributed by atoms with Crippen LogP contribution < -0.4 is 5.32 Å². The number of nitrogens with one attached hydrogen (secondary N) is 1. The van der Waals surface area contributed by atoms with Gasteiger partial charge in [-0.25, -0.2) is 9.48 Å².